The van der Waals surface area contributed by atoms with Gasteiger partial charge in [0.15, 0.2) is 0 Å². The predicted octanol–water partition coefficient (Wildman–Crippen LogP) is 1.62. The van der Waals surface area contributed by atoms with E-state index in [-0.39, 0.29) is 36.9 Å². The van der Waals surface area contributed by atoms with Crippen LogP contribution in [0.4, 0.5) is 9.18 Å². The summed E-state index contributed by atoms with van der Waals surface area (Å²) in [4.78, 5) is 24.8. The number of benzene rings is 1. The zero-order valence-corrected chi connectivity index (χ0v) is 12.5. The Kier molecular flexibility index (Phi) is 4.59. The van der Waals surface area contributed by atoms with E-state index in [0.717, 1.165) is 4.47 Å². The van der Waals surface area contributed by atoms with Gasteiger partial charge in [0.1, 0.15) is 12.4 Å². The van der Waals surface area contributed by atoms with Crippen molar-refractivity contribution >= 4 is 27.9 Å². The zero-order valence-electron chi connectivity index (χ0n) is 11.0. The summed E-state index contributed by atoms with van der Waals surface area (Å²) in [6.45, 7) is 2.53. The van der Waals surface area contributed by atoms with Gasteiger partial charge in [-0.1, -0.05) is 15.9 Å². The van der Waals surface area contributed by atoms with Crippen LogP contribution in [0.1, 0.15) is 12.5 Å². The molecule has 1 saturated heterocycles. The van der Waals surface area contributed by atoms with Gasteiger partial charge in [-0.3, -0.25) is 4.79 Å². The van der Waals surface area contributed by atoms with Gasteiger partial charge >= 0.3 is 6.03 Å². The lowest BCUT2D eigenvalue weighted by molar-refractivity contribution is -0.124. The second-order valence-corrected chi connectivity index (χ2v) is 5.60. The highest BCUT2D eigenvalue weighted by Crippen LogP contribution is 2.17. The molecule has 0 saturated carbocycles. The molecule has 20 heavy (non-hydrogen) atoms. The quantitative estimate of drug-likeness (QED) is 0.857. The van der Waals surface area contributed by atoms with E-state index >= 15 is 0 Å². The molecule has 1 heterocycles. The molecule has 0 bridgehead atoms. The third-order valence-corrected chi connectivity index (χ3v) is 3.73. The second-order valence-electron chi connectivity index (χ2n) is 4.74. The monoisotopic (exact) mass is 343 g/mol. The number of nitrogens with one attached hydrogen (secondary N) is 2. The molecule has 0 aromatic heterocycles. The SMILES string of the molecule is CC1CN(C(=O)NCc2cc(F)ccc2Br)CC(=O)N1. The lowest BCUT2D eigenvalue weighted by Gasteiger charge is -2.31. The van der Waals surface area contributed by atoms with Crippen molar-refractivity contribution in [2.24, 2.45) is 0 Å². The molecule has 1 aliphatic rings. The molecule has 0 spiro atoms. The average Bonchev–Trinajstić information content (AvgIpc) is 2.38. The Bertz CT molecular complexity index is 538. The normalized spacial score (nSPS) is 18.6. The fraction of sp³-hybridized carbons (Fsp3) is 0.385. The van der Waals surface area contributed by atoms with Gasteiger partial charge in [0.2, 0.25) is 5.91 Å². The number of hydrogen-bond donors (Lipinski definition) is 2. The molecule has 0 aliphatic carbocycles. The Balaban J connectivity index is 1.95. The minimum Gasteiger partial charge on any atom is -0.350 e. The van der Waals surface area contributed by atoms with Crippen LogP contribution in [0.3, 0.4) is 0 Å². The van der Waals surface area contributed by atoms with E-state index < -0.39 is 0 Å². The summed E-state index contributed by atoms with van der Waals surface area (Å²) in [6.07, 6.45) is 0. The first kappa shape index (κ1) is 14.8. The number of amides is 3. The molecular weight excluding hydrogens is 329 g/mol. The van der Waals surface area contributed by atoms with Gasteiger partial charge in [-0.15, -0.1) is 0 Å². The first-order valence-electron chi connectivity index (χ1n) is 6.22. The van der Waals surface area contributed by atoms with Gasteiger partial charge in [0, 0.05) is 23.6 Å². The number of hydrogen-bond acceptors (Lipinski definition) is 2. The van der Waals surface area contributed by atoms with Crippen LogP contribution in [0.2, 0.25) is 0 Å². The van der Waals surface area contributed by atoms with Gasteiger partial charge in [0.05, 0.1) is 0 Å². The highest BCUT2D eigenvalue weighted by molar-refractivity contribution is 9.10. The summed E-state index contributed by atoms with van der Waals surface area (Å²) in [7, 11) is 0. The first-order valence-corrected chi connectivity index (χ1v) is 7.01. The topological polar surface area (TPSA) is 61.4 Å². The Morgan fingerprint density at radius 1 is 1.60 bits per heavy atom. The third-order valence-electron chi connectivity index (χ3n) is 2.96. The number of carbonyl (C=O) groups excluding carboxylic acids is 2. The van der Waals surface area contributed by atoms with Crippen LogP contribution in [0.5, 0.6) is 0 Å². The molecule has 2 rings (SSSR count). The van der Waals surface area contributed by atoms with Gasteiger partial charge < -0.3 is 15.5 Å². The maximum atomic E-state index is 13.1. The number of halogens is 2. The highest BCUT2D eigenvalue weighted by Gasteiger charge is 2.25. The molecule has 1 aromatic rings. The van der Waals surface area contributed by atoms with Gasteiger partial charge in [0.25, 0.3) is 0 Å². The first-order chi connectivity index (χ1) is 9.45. The van der Waals surface area contributed by atoms with E-state index in [2.05, 4.69) is 26.6 Å². The van der Waals surface area contributed by atoms with Gasteiger partial charge in [-0.05, 0) is 30.7 Å². The molecule has 1 unspecified atom stereocenters. The maximum Gasteiger partial charge on any atom is 0.318 e. The van der Waals surface area contributed by atoms with Crippen LogP contribution >= 0.6 is 15.9 Å². The van der Waals surface area contributed by atoms with Gasteiger partial charge in [-0.2, -0.15) is 0 Å². The summed E-state index contributed by atoms with van der Waals surface area (Å²) in [5.74, 6) is -0.533. The average molecular weight is 344 g/mol. The lowest BCUT2D eigenvalue weighted by atomic mass is 10.2. The van der Waals surface area contributed by atoms with Crippen molar-refractivity contribution < 1.29 is 14.0 Å². The van der Waals surface area contributed by atoms with Crippen molar-refractivity contribution in [2.75, 3.05) is 13.1 Å². The fourth-order valence-electron chi connectivity index (χ4n) is 2.05. The van der Waals surface area contributed by atoms with Crippen molar-refractivity contribution in [2.45, 2.75) is 19.5 Å². The van der Waals surface area contributed by atoms with Crippen molar-refractivity contribution in [3.05, 3.63) is 34.1 Å². The number of urea groups is 1. The molecule has 5 nitrogen and oxygen atoms in total. The van der Waals surface area contributed by atoms with Crippen LogP contribution in [0.25, 0.3) is 0 Å². The number of rotatable bonds is 2. The molecule has 1 atom stereocenters. The molecular formula is C13H15BrFN3O2. The molecule has 3 amide bonds. The summed E-state index contributed by atoms with van der Waals surface area (Å²) in [5.41, 5.74) is 0.646. The minimum absolute atomic E-state index is 0.0422. The van der Waals surface area contributed by atoms with E-state index in [0.29, 0.717) is 12.1 Å². The van der Waals surface area contributed by atoms with Crippen LogP contribution in [-0.2, 0) is 11.3 Å². The summed E-state index contributed by atoms with van der Waals surface area (Å²) in [6, 6.07) is 3.89. The van der Waals surface area contributed by atoms with E-state index in [9.17, 15) is 14.0 Å². The van der Waals surface area contributed by atoms with Gasteiger partial charge in [-0.25, -0.2) is 9.18 Å². The second kappa shape index (κ2) is 6.21. The summed E-state index contributed by atoms with van der Waals surface area (Å²) in [5, 5.41) is 5.42. The largest absolute Gasteiger partial charge is 0.350 e. The van der Waals surface area contributed by atoms with E-state index in [4.69, 9.17) is 0 Å². The number of carbonyl (C=O) groups is 2. The van der Waals surface area contributed by atoms with E-state index in [1.165, 1.54) is 17.0 Å². The Morgan fingerprint density at radius 2 is 2.35 bits per heavy atom. The maximum absolute atomic E-state index is 13.1. The molecule has 108 valence electrons. The molecule has 7 heteroatoms. The molecule has 1 aliphatic heterocycles. The minimum atomic E-state index is -0.358. The van der Waals surface area contributed by atoms with E-state index in [1.807, 2.05) is 6.92 Å². The Labute approximate surface area is 124 Å². The van der Waals surface area contributed by atoms with E-state index in [1.54, 1.807) is 6.07 Å². The third kappa shape index (κ3) is 3.69. The van der Waals surface area contributed by atoms with Crippen molar-refractivity contribution in [3.8, 4) is 0 Å². The van der Waals surface area contributed by atoms with Crippen molar-refractivity contribution in [3.63, 3.8) is 0 Å². The smallest absolute Gasteiger partial charge is 0.318 e. The zero-order chi connectivity index (χ0) is 14.7. The van der Waals surface area contributed by atoms with Crippen LogP contribution in [0.15, 0.2) is 22.7 Å². The Morgan fingerprint density at radius 3 is 3.05 bits per heavy atom. The number of nitrogens with zero attached hydrogens (tertiary/aromatic N) is 1. The fourth-order valence-corrected chi connectivity index (χ4v) is 2.44. The number of piperazine rings is 1. The molecule has 1 fully saturated rings. The van der Waals surface area contributed by atoms with Crippen molar-refractivity contribution in [1.29, 1.82) is 0 Å². The molecule has 0 radical (unpaired) electrons. The predicted molar refractivity (Wildman–Crippen MR) is 75.5 cm³/mol. The van der Waals surface area contributed by atoms with Crippen LogP contribution in [0, 0.1) is 5.82 Å². The molecule has 2 N–H and O–H groups in total. The summed E-state index contributed by atoms with van der Waals surface area (Å²) >= 11 is 3.30. The summed E-state index contributed by atoms with van der Waals surface area (Å²) < 4.78 is 13.9. The standard InChI is InChI=1S/C13H15BrFN3O2/c1-8-6-18(7-12(19)17-8)13(20)16-5-9-4-10(15)2-3-11(9)14/h2-4,8H,5-7H2,1H3,(H,16,20)(H,17,19). The van der Waals surface area contributed by atoms with Crippen LogP contribution < -0.4 is 10.6 Å². The lowest BCUT2D eigenvalue weighted by Crippen LogP contribution is -2.56. The Hall–Kier alpha value is -1.63. The van der Waals surface area contributed by atoms with Crippen molar-refractivity contribution in [1.82, 2.24) is 15.5 Å². The molecule has 1 aromatic carbocycles. The highest BCUT2D eigenvalue weighted by atomic mass is 79.9. The van der Waals surface area contributed by atoms with Crippen LogP contribution in [-0.4, -0.2) is 36.0 Å².